The normalized spacial score (nSPS) is 16.9. The zero-order valence-corrected chi connectivity index (χ0v) is 14.5. The Labute approximate surface area is 143 Å². The molecule has 0 aliphatic carbocycles. The van der Waals surface area contributed by atoms with Crippen LogP contribution in [0.3, 0.4) is 0 Å². The molecule has 1 aromatic carbocycles. The molecule has 0 saturated carbocycles. The van der Waals surface area contributed by atoms with Crippen LogP contribution < -0.4 is 5.32 Å². The number of thiophene rings is 1. The van der Waals surface area contributed by atoms with E-state index in [1.54, 1.807) is 11.3 Å². The Morgan fingerprint density at radius 3 is 2.79 bits per heavy atom. The first-order valence-corrected chi connectivity index (χ1v) is 8.57. The number of hydrogen-bond acceptors (Lipinski definition) is 5. The minimum Gasteiger partial charge on any atom is -0.466 e. The summed E-state index contributed by atoms with van der Waals surface area (Å²) >= 11 is 1.65. The first kappa shape index (κ1) is 15.0. The van der Waals surface area contributed by atoms with Gasteiger partial charge in [0.2, 0.25) is 5.95 Å². The van der Waals surface area contributed by atoms with Gasteiger partial charge in [0.25, 0.3) is 0 Å². The average molecular weight is 339 g/mol. The van der Waals surface area contributed by atoms with Crippen LogP contribution in [0, 0.1) is 6.92 Å². The van der Waals surface area contributed by atoms with Crippen LogP contribution in [0.1, 0.15) is 23.4 Å². The van der Waals surface area contributed by atoms with Gasteiger partial charge < -0.3 is 10.1 Å². The van der Waals surface area contributed by atoms with Crippen LogP contribution in [0.2, 0.25) is 0 Å². The number of rotatable bonds is 2. The van der Waals surface area contributed by atoms with E-state index in [2.05, 4.69) is 33.2 Å². The fraction of sp³-hybridized carbons (Fsp3) is 0.222. The van der Waals surface area contributed by atoms with E-state index >= 15 is 0 Å². The number of esters is 1. The number of para-hydroxylation sites is 2. The van der Waals surface area contributed by atoms with E-state index in [1.807, 2.05) is 31.2 Å². The predicted octanol–water partition coefficient (Wildman–Crippen LogP) is 3.87. The van der Waals surface area contributed by atoms with E-state index in [-0.39, 0.29) is 12.0 Å². The van der Waals surface area contributed by atoms with Crippen molar-refractivity contribution in [1.82, 2.24) is 9.55 Å². The topological polar surface area (TPSA) is 56.1 Å². The summed E-state index contributed by atoms with van der Waals surface area (Å²) in [5.74, 6) is 0.431. The molecule has 6 heteroatoms. The summed E-state index contributed by atoms with van der Waals surface area (Å²) in [7, 11) is 1.42. The van der Waals surface area contributed by atoms with E-state index in [1.165, 1.54) is 7.11 Å². The number of nitrogens with one attached hydrogen (secondary N) is 1. The molecule has 0 amide bonds. The molecule has 0 fully saturated rings. The minimum atomic E-state index is -0.318. The number of fused-ring (bicyclic) bond motifs is 3. The van der Waals surface area contributed by atoms with Gasteiger partial charge in [-0.25, -0.2) is 9.78 Å². The molecule has 0 spiro atoms. The Hall–Kier alpha value is -2.60. The third-order valence-corrected chi connectivity index (χ3v) is 5.46. The number of carbonyl (C=O) groups is 1. The highest BCUT2D eigenvalue weighted by molar-refractivity contribution is 7.10. The molecule has 1 aliphatic heterocycles. The van der Waals surface area contributed by atoms with Crippen LogP contribution >= 0.6 is 11.3 Å². The molecule has 122 valence electrons. The summed E-state index contributed by atoms with van der Waals surface area (Å²) in [4.78, 5) is 18.3. The number of nitrogens with zero attached hydrogens (tertiary/aromatic N) is 2. The largest absolute Gasteiger partial charge is 0.466 e. The molecule has 0 bridgehead atoms. The zero-order chi connectivity index (χ0) is 16.8. The highest BCUT2D eigenvalue weighted by Crippen LogP contribution is 2.42. The number of imidazole rings is 1. The number of anilines is 1. The second kappa shape index (κ2) is 5.49. The lowest BCUT2D eigenvalue weighted by molar-refractivity contribution is -0.136. The van der Waals surface area contributed by atoms with Crippen LogP contribution in [0.25, 0.3) is 11.0 Å². The van der Waals surface area contributed by atoms with Crippen molar-refractivity contribution in [2.45, 2.75) is 19.9 Å². The molecule has 5 nitrogen and oxygen atoms in total. The van der Waals surface area contributed by atoms with Gasteiger partial charge in [-0.1, -0.05) is 12.1 Å². The van der Waals surface area contributed by atoms with Gasteiger partial charge in [-0.05, 0) is 43.0 Å². The van der Waals surface area contributed by atoms with Crippen LogP contribution in [0.5, 0.6) is 0 Å². The van der Waals surface area contributed by atoms with Crippen LogP contribution in [-0.4, -0.2) is 22.6 Å². The average Bonchev–Trinajstić information content (AvgIpc) is 3.15. The van der Waals surface area contributed by atoms with E-state index in [9.17, 15) is 4.79 Å². The van der Waals surface area contributed by atoms with E-state index in [0.29, 0.717) is 5.57 Å². The van der Waals surface area contributed by atoms with Crippen molar-refractivity contribution >= 4 is 34.3 Å². The molecule has 0 radical (unpaired) electrons. The number of hydrogen-bond donors (Lipinski definition) is 1. The molecule has 4 rings (SSSR count). The van der Waals surface area contributed by atoms with Crippen LogP contribution in [-0.2, 0) is 9.53 Å². The van der Waals surface area contributed by atoms with Gasteiger partial charge in [0.1, 0.15) is 6.04 Å². The van der Waals surface area contributed by atoms with Gasteiger partial charge >= 0.3 is 5.97 Å². The van der Waals surface area contributed by atoms with E-state index in [0.717, 1.165) is 33.1 Å². The number of allylic oxidation sites excluding steroid dienone is 1. The smallest absolute Gasteiger partial charge is 0.338 e. The summed E-state index contributed by atoms with van der Waals surface area (Å²) in [6.45, 7) is 3.96. The van der Waals surface area contributed by atoms with Crippen molar-refractivity contribution in [2.24, 2.45) is 0 Å². The summed E-state index contributed by atoms with van der Waals surface area (Å²) in [5, 5.41) is 5.31. The van der Waals surface area contributed by atoms with E-state index < -0.39 is 0 Å². The zero-order valence-electron chi connectivity index (χ0n) is 13.7. The van der Waals surface area contributed by atoms with Gasteiger partial charge in [0.05, 0.1) is 23.7 Å². The lowest BCUT2D eigenvalue weighted by atomic mass is 9.99. The molecule has 24 heavy (non-hydrogen) atoms. The molecule has 3 heterocycles. The van der Waals surface area contributed by atoms with Crippen molar-refractivity contribution in [3.8, 4) is 0 Å². The minimum absolute atomic E-state index is 0.235. The fourth-order valence-electron chi connectivity index (χ4n) is 3.25. The highest BCUT2D eigenvalue weighted by Gasteiger charge is 2.35. The van der Waals surface area contributed by atoms with Crippen molar-refractivity contribution in [3.63, 3.8) is 0 Å². The highest BCUT2D eigenvalue weighted by atomic mass is 32.1. The third kappa shape index (κ3) is 2.06. The summed E-state index contributed by atoms with van der Waals surface area (Å²) in [5.41, 5.74) is 4.45. The Morgan fingerprint density at radius 1 is 1.29 bits per heavy atom. The van der Waals surface area contributed by atoms with Crippen LogP contribution in [0.4, 0.5) is 5.95 Å². The van der Waals surface area contributed by atoms with Crippen LogP contribution in [0.15, 0.2) is 47.0 Å². The molecule has 1 N–H and O–H groups in total. The summed E-state index contributed by atoms with van der Waals surface area (Å²) in [6, 6.07) is 9.80. The molecule has 1 aliphatic rings. The summed E-state index contributed by atoms with van der Waals surface area (Å²) < 4.78 is 7.16. The second-order valence-corrected chi connectivity index (χ2v) is 6.77. The fourth-order valence-corrected chi connectivity index (χ4v) is 4.28. The molecule has 1 atom stereocenters. The SMILES string of the molecule is COC(=O)C1=C(C)Nc2nc3ccccc3n2[C@H]1c1sccc1C. The van der Waals surface area contributed by atoms with Gasteiger partial charge in [0, 0.05) is 10.6 Å². The second-order valence-electron chi connectivity index (χ2n) is 5.82. The quantitative estimate of drug-likeness (QED) is 0.720. The molecule has 2 aromatic heterocycles. The number of methoxy groups -OCH3 is 1. The Balaban J connectivity index is 2.04. The maximum atomic E-state index is 12.5. The number of ether oxygens (including phenoxy) is 1. The third-order valence-electron chi connectivity index (χ3n) is 4.39. The number of aryl methyl sites for hydroxylation is 1. The molecule has 3 aromatic rings. The first-order valence-electron chi connectivity index (χ1n) is 7.69. The summed E-state index contributed by atoms with van der Waals surface area (Å²) in [6.07, 6.45) is 0. The maximum absolute atomic E-state index is 12.5. The van der Waals surface area contributed by atoms with Gasteiger partial charge in [-0.2, -0.15) is 0 Å². The van der Waals surface area contributed by atoms with Crippen molar-refractivity contribution in [1.29, 1.82) is 0 Å². The van der Waals surface area contributed by atoms with E-state index in [4.69, 9.17) is 4.74 Å². The predicted molar refractivity (Wildman–Crippen MR) is 95.3 cm³/mol. The lowest BCUT2D eigenvalue weighted by Crippen LogP contribution is -2.28. The van der Waals surface area contributed by atoms with Crippen molar-refractivity contribution in [3.05, 3.63) is 57.4 Å². The maximum Gasteiger partial charge on any atom is 0.338 e. The Kier molecular flexibility index (Phi) is 3.42. The Bertz CT molecular complexity index is 983. The molecule has 0 saturated heterocycles. The van der Waals surface area contributed by atoms with Gasteiger partial charge in [-0.3, -0.25) is 4.57 Å². The lowest BCUT2D eigenvalue weighted by Gasteiger charge is -2.29. The monoisotopic (exact) mass is 339 g/mol. The standard InChI is InChI=1S/C18H17N3O2S/c1-10-8-9-24-16(10)15-14(17(22)23-3)11(2)19-18-20-12-6-4-5-7-13(12)21(15)18/h4-9,15H,1-3H3,(H,19,20)/t15-/m1/s1. The molecule has 0 unspecified atom stereocenters. The van der Waals surface area contributed by atoms with Crippen molar-refractivity contribution < 1.29 is 9.53 Å². The van der Waals surface area contributed by atoms with Gasteiger partial charge in [0.15, 0.2) is 0 Å². The number of aromatic nitrogens is 2. The Morgan fingerprint density at radius 2 is 2.08 bits per heavy atom. The number of carbonyl (C=O) groups excluding carboxylic acids is 1. The van der Waals surface area contributed by atoms with Gasteiger partial charge in [-0.15, -0.1) is 11.3 Å². The first-order chi connectivity index (χ1) is 11.6. The number of benzene rings is 1. The van der Waals surface area contributed by atoms with Crippen molar-refractivity contribution in [2.75, 3.05) is 12.4 Å². The molecular formula is C18H17N3O2S. The molecular weight excluding hydrogens is 322 g/mol.